The molecule has 0 radical (unpaired) electrons. The van der Waals surface area contributed by atoms with Crippen LogP contribution in [-0.4, -0.2) is 16.1 Å². The summed E-state index contributed by atoms with van der Waals surface area (Å²) < 4.78 is 1.82. The number of hydrogen-bond acceptors (Lipinski definition) is 2. The van der Waals surface area contributed by atoms with Gasteiger partial charge in [-0.05, 0) is 19.9 Å². The number of para-hydroxylation sites is 1. The van der Waals surface area contributed by atoms with Crippen molar-refractivity contribution in [2.24, 2.45) is 7.05 Å². The number of carbonyl (C=O) groups excluding carboxylic acids is 1. The first kappa shape index (κ1) is 9.90. The predicted molar refractivity (Wildman–Crippen MR) is 59.8 cm³/mol. The number of benzene rings is 1. The minimum atomic E-state index is -0.527. The van der Waals surface area contributed by atoms with Gasteiger partial charge in [0.05, 0.1) is 16.6 Å². The Morgan fingerprint density at radius 1 is 1.33 bits per heavy atom. The molecule has 0 spiro atoms. The van der Waals surface area contributed by atoms with Crippen molar-refractivity contribution in [2.45, 2.75) is 19.3 Å². The molecule has 1 aromatic carbocycles. The molecule has 2 aromatic rings. The Morgan fingerprint density at radius 3 is 2.67 bits per heavy atom. The van der Waals surface area contributed by atoms with Gasteiger partial charge in [0.1, 0.15) is 6.29 Å². The van der Waals surface area contributed by atoms with Gasteiger partial charge in [0, 0.05) is 12.4 Å². The fourth-order valence-electron chi connectivity index (χ4n) is 1.75. The maximum atomic E-state index is 11.0. The summed E-state index contributed by atoms with van der Waals surface area (Å²) in [7, 11) is 1.90. The van der Waals surface area contributed by atoms with Gasteiger partial charge in [0.2, 0.25) is 0 Å². The molecule has 0 aliphatic heterocycles. The van der Waals surface area contributed by atoms with Crippen LogP contribution in [0.15, 0.2) is 24.3 Å². The standard InChI is InChI=1S/C12H14N2O/c1-12(2,8-15)11-9-6-4-5-7-10(9)14(3)13-11/h4-8H,1-3H3. The molecule has 0 N–H and O–H groups in total. The van der Waals surface area contributed by atoms with Crippen molar-refractivity contribution in [1.29, 1.82) is 0 Å². The Balaban J connectivity index is 2.78. The van der Waals surface area contributed by atoms with Crippen molar-refractivity contribution in [3.05, 3.63) is 30.0 Å². The second-order valence-electron chi connectivity index (χ2n) is 4.33. The lowest BCUT2D eigenvalue weighted by Gasteiger charge is -2.13. The fourth-order valence-corrected chi connectivity index (χ4v) is 1.75. The van der Waals surface area contributed by atoms with E-state index in [4.69, 9.17) is 0 Å². The van der Waals surface area contributed by atoms with Crippen LogP contribution in [0, 0.1) is 0 Å². The van der Waals surface area contributed by atoms with Crippen molar-refractivity contribution in [1.82, 2.24) is 9.78 Å². The van der Waals surface area contributed by atoms with Gasteiger partial charge >= 0.3 is 0 Å². The third-order valence-electron chi connectivity index (χ3n) is 2.66. The van der Waals surface area contributed by atoms with E-state index in [1.54, 1.807) is 0 Å². The normalized spacial score (nSPS) is 11.9. The average Bonchev–Trinajstić information content (AvgIpc) is 2.58. The van der Waals surface area contributed by atoms with E-state index in [0.29, 0.717) is 0 Å². The minimum Gasteiger partial charge on any atom is -0.302 e. The van der Waals surface area contributed by atoms with Crippen LogP contribution in [0.3, 0.4) is 0 Å². The zero-order chi connectivity index (χ0) is 11.1. The molecule has 0 fully saturated rings. The highest BCUT2D eigenvalue weighted by Crippen LogP contribution is 2.27. The maximum absolute atomic E-state index is 11.0. The van der Waals surface area contributed by atoms with Gasteiger partial charge < -0.3 is 4.79 Å². The monoisotopic (exact) mass is 202 g/mol. The first-order chi connectivity index (χ1) is 7.06. The number of aldehydes is 1. The average molecular weight is 202 g/mol. The van der Waals surface area contributed by atoms with Crippen LogP contribution in [0.5, 0.6) is 0 Å². The highest BCUT2D eigenvalue weighted by molar-refractivity contribution is 5.86. The second kappa shape index (κ2) is 3.19. The first-order valence-corrected chi connectivity index (χ1v) is 4.95. The molecule has 0 bridgehead atoms. The Labute approximate surface area is 88.7 Å². The summed E-state index contributed by atoms with van der Waals surface area (Å²) >= 11 is 0. The van der Waals surface area contributed by atoms with E-state index in [1.807, 2.05) is 49.8 Å². The molecule has 1 heterocycles. The van der Waals surface area contributed by atoms with E-state index < -0.39 is 5.41 Å². The Morgan fingerprint density at radius 2 is 2.00 bits per heavy atom. The fraction of sp³-hybridized carbons (Fsp3) is 0.333. The Hall–Kier alpha value is -1.64. The van der Waals surface area contributed by atoms with E-state index >= 15 is 0 Å². The zero-order valence-corrected chi connectivity index (χ0v) is 9.19. The van der Waals surface area contributed by atoms with E-state index in [0.717, 1.165) is 22.9 Å². The van der Waals surface area contributed by atoms with Crippen molar-refractivity contribution in [3.63, 3.8) is 0 Å². The SMILES string of the molecule is Cn1nc(C(C)(C)C=O)c2ccccc21. The van der Waals surface area contributed by atoms with Gasteiger partial charge in [-0.15, -0.1) is 0 Å². The smallest absolute Gasteiger partial charge is 0.131 e. The van der Waals surface area contributed by atoms with Crippen LogP contribution in [0.1, 0.15) is 19.5 Å². The van der Waals surface area contributed by atoms with E-state index in [2.05, 4.69) is 5.10 Å². The maximum Gasteiger partial charge on any atom is 0.131 e. The zero-order valence-electron chi connectivity index (χ0n) is 9.19. The largest absolute Gasteiger partial charge is 0.302 e. The molecule has 0 saturated heterocycles. The number of aryl methyl sites for hydroxylation is 1. The molecule has 0 atom stereocenters. The van der Waals surface area contributed by atoms with Crippen molar-refractivity contribution < 1.29 is 4.79 Å². The van der Waals surface area contributed by atoms with Crippen LogP contribution < -0.4 is 0 Å². The molecule has 0 unspecified atom stereocenters. The Bertz CT molecular complexity index is 511. The topological polar surface area (TPSA) is 34.9 Å². The van der Waals surface area contributed by atoms with Gasteiger partial charge in [0.15, 0.2) is 0 Å². The highest BCUT2D eigenvalue weighted by Gasteiger charge is 2.25. The molecule has 1 aromatic heterocycles. The van der Waals surface area contributed by atoms with E-state index in [-0.39, 0.29) is 0 Å². The van der Waals surface area contributed by atoms with Crippen molar-refractivity contribution in [2.75, 3.05) is 0 Å². The summed E-state index contributed by atoms with van der Waals surface area (Å²) in [6, 6.07) is 7.95. The van der Waals surface area contributed by atoms with Crippen molar-refractivity contribution >= 4 is 17.2 Å². The molecular formula is C12H14N2O. The highest BCUT2D eigenvalue weighted by atomic mass is 16.1. The Kier molecular flexibility index (Phi) is 2.11. The quantitative estimate of drug-likeness (QED) is 0.698. The van der Waals surface area contributed by atoms with Gasteiger partial charge in [-0.3, -0.25) is 4.68 Å². The number of carbonyl (C=O) groups is 1. The molecule has 0 aliphatic carbocycles. The molecule has 0 aliphatic rings. The summed E-state index contributed by atoms with van der Waals surface area (Å²) in [4.78, 5) is 11.0. The summed E-state index contributed by atoms with van der Waals surface area (Å²) in [6.45, 7) is 3.77. The third-order valence-corrected chi connectivity index (χ3v) is 2.66. The number of fused-ring (bicyclic) bond motifs is 1. The molecule has 3 nitrogen and oxygen atoms in total. The summed E-state index contributed by atoms with van der Waals surface area (Å²) in [5.74, 6) is 0. The van der Waals surface area contributed by atoms with Gasteiger partial charge in [-0.1, -0.05) is 18.2 Å². The van der Waals surface area contributed by atoms with Gasteiger partial charge in [0.25, 0.3) is 0 Å². The van der Waals surface area contributed by atoms with Crippen molar-refractivity contribution in [3.8, 4) is 0 Å². The van der Waals surface area contributed by atoms with Crippen LogP contribution in [-0.2, 0) is 17.3 Å². The van der Waals surface area contributed by atoms with Gasteiger partial charge in [-0.25, -0.2) is 0 Å². The molecular weight excluding hydrogens is 188 g/mol. The second-order valence-corrected chi connectivity index (χ2v) is 4.33. The summed E-state index contributed by atoms with van der Waals surface area (Å²) in [5, 5.41) is 5.47. The number of rotatable bonds is 2. The van der Waals surface area contributed by atoms with Crippen LogP contribution in [0.2, 0.25) is 0 Å². The number of hydrogen-bond donors (Lipinski definition) is 0. The predicted octanol–water partition coefficient (Wildman–Crippen LogP) is 2.05. The number of aromatic nitrogens is 2. The first-order valence-electron chi connectivity index (χ1n) is 4.95. The van der Waals surface area contributed by atoms with E-state index in [9.17, 15) is 4.79 Å². The summed E-state index contributed by atoms with van der Waals surface area (Å²) in [6.07, 6.45) is 0.946. The molecule has 3 heteroatoms. The van der Waals surface area contributed by atoms with Crippen LogP contribution >= 0.6 is 0 Å². The number of nitrogens with zero attached hydrogens (tertiary/aromatic N) is 2. The third kappa shape index (κ3) is 1.44. The molecule has 0 saturated carbocycles. The van der Waals surface area contributed by atoms with Crippen LogP contribution in [0.4, 0.5) is 0 Å². The molecule has 78 valence electrons. The minimum absolute atomic E-state index is 0.527. The van der Waals surface area contributed by atoms with Crippen LogP contribution in [0.25, 0.3) is 10.9 Å². The summed E-state index contributed by atoms with van der Waals surface area (Å²) in [5.41, 5.74) is 1.37. The lowest BCUT2D eigenvalue weighted by Crippen LogP contribution is -2.20. The van der Waals surface area contributed by atoms with E-state index in [1.165, 1.54) is 0 Å². The lowest BCUT2D eigenvalue weighted by atomic mass is 9.89. The molecule has 0 amide bonds. The van der Waals surface area contributed by atoms with Gasteiger partial charge in [-0.2, -0.15) is 5.10 Å². The molecule has 2 rings (SSSR count). The molecule has 15 heavy (non-hydrogen) atoms. The lowest BCUT2D eigenvalue weighted by molar-refractivity contribution is -0.111.